The van der Waals surface area contributed by atoms with Crippen LogP contribution in [0.5, 0.6) is 0 Å². The van der Waals surface area contributed by atoms with Gasteiger partial charge in [-0.2, -0.15) is 5.10 Å². The van der Waals surface area contributed by atoms with Crippen LogP contribution in [0, 0.1) is 19.8 Å². The van der Waals surface area contributed by atoms with Crippen molar-refractivity contribution in [2.75, 3.05) is 20.2 Å². The molecule has 2 N–H and O–H groups in total. The van der Waals surface area contributed by atoms with Crippen LogP contribution in [0.3, 0.4) is 0 Å². The largest absolute Gasteiger partial charge is 0.469 e. The molecule has 7 heteroatoms. The van der Waals surface area contributed by atoms with Crippen molar-refractivity contribution in [3.63, 3.8) is 0 Å². The molecule has 22 heavy (non-hydrogen) atoms. The van der Waals surface area contributed by atoms with Crippen molar-refractivity contribution < 1.29 is 9.53 Å². The molecule has 0 fully saturated rings. The van der Waals surface area contributed by atoms with E-state index >= 15 is 0 Å². The second-order valence-corrected chi connectivity index (χ2v) is 5.27. The van der Waals surface area contributed by atoms with Crippen molar-refractivity contribution in [3.8, 4) is 0 Å². The van der Waals surface area contributed by atoms with Crippen LogP contribution in [0.25, 0.3) is 0 Å². The van der Waals surface area contributed by atoms with Gasteiger partial charge in [-0.1, -0.05) is 6.92 Å². The van der Waals surface area contributed by atoms with Crippen LogP contribution in [0.1, 0.15) is 30.8 Å². The normalized spacial score (nSPS) is 12.9. The van der Waals surface area contributed by atoms with Crippen LogP contribution in [-0.2, 0) is 23.1 Å². The number of nitrogens with zero attached hydrogens (tertiary/aromatic N) is 3. The first-order valence-corrected chi connectivity index (χ1v) is 7.49. The maximum absolute atomic E-state index is 11.4. The minimum absolute atomic E-state index is 0.226. The van der Waals surface area contributed by atoms with Gasteiger partial charge in [0.1, 0.15) is 0 Å². The van der Waals surface area contributed by atoms with E-state index < -0.39 is 0 Å². The van der Waals surface area contributed by atoms with Crippen molar-refractivity contribution in [3.05, 3.63) is 17.0 Å². The Labute approximate surface area is 132 Å². The Kier molecular flexibility index (Phi) is 6.88. The summed E-state index contributed by atoms with van der Waals surface area (Å²) in [5.41, 5.74) is 3.23. The molecule has 7 nitrogen and oxygen atoms in total. The van der Waals surface area contributed by atoms with E-state index in [9.17, 15) is 4.79 Å². The van der Waals surface area contributed by atoms with Gasteiger partial charge in [-0.15, -0.1) is 0 Å². The van der Waals surface area contributed by atoms with Crippen molar-refractivity contribution in [1.82, 2.24) is 20.4 Å². The SMILES string of the molecule is CCNC(=NCc1c(C)nn(C)c1C)NCC(C)C(=O)OC. The third kappa shape index (κ3) is 4.75. The molecule has 1 unspecified atom stereocenters. The molecule has 0 spiro atoms. The number of aromatic nitrogens is 2. The van der Waals surface area contributed by atoms with Gasteiger partial charge >= 0.3 is 5.97 Å². The molecule has 0 saturated heterocycles. The Balaban J connectivity index is 2.71. The minimum atomic E-state index is -0.234. The first-order valence-electron chi connectivity index (χ1n) is 7.49. The fourth-order valence-corrected chi connectivity index (χ4v) is 2.08. The van der Waals surface area contributed by atoms with Gasteiger partial charge in [-0.3, -0.25) is 9.48 Å². The molecule has 1 heterocycles. The third-order valence-corrected chi connectivity index (χ3v) is 3.58. The molecular weight excluding hydrogens is 282 g/mol. The van der Waals surface area contributed by atoms with Crippen LogP contribution >= 0.6 is 0 Å². The molecule has 0 radical (unpaired) electrons. The summed E-state index contributed by atoms with van der Waals surface area (Å²) in [6.45, 7) is 9.61. The molecule has 0 saturated carbocycles. The topological polar surface area (TPSA) is 80.5 Å². The zero-order valence-electron chi connectivity index (χ0n) is 14.4. The second-order valence-electron chi connectivity index (χ2n) is 5.27. The van der Waals surface area contributed by atoms with Crippen LogP contribution < -0.4 is 10.6 Å². The lowest BCUT2D eigenvalue weighted by Crippen LogP contribution is -2.40. The van der Waals surface area contributed by atoms with Crippen molar-refractivity contribution >= 4 is 11.9 Å². The lowest BCUT2D eigenvalue weighted by molar-refractivity contribution is -0.144. The average molecular weight is 309 g/mol. The third-order valence-electron chi connectivity index (χ3n) is 3.58. The molecule has 124 valence electrons. The quantitative estimate of drug-likeness (QED) is 0.464. The molecule has 0 bridgehead atoms. The first kappa shape index (κ1) is 18.0. The Bertz CT molecular complexity index is 536. The van der Waals surface area contributed by atoms with Crippen molar-refractivity contribution in [2.45, 2.75) is 34.2 Å². The summed E-state index contributed by atoms with van der Waals surface area (Å²) in [5, 5.41) is 10.7. The Hall–Kier alpha value is -2.05. The zero-order valence-corrected chi connectivity index (χ0v) is 14.4. The summed E-state index contributed by atoms with van der Waals surface area (Å²) in [7, 11) is 3.32. The van der Waals surface area contributed by atoms with E-state index in [4.69, 9.17) is 4.74 Å². The van der Waals surface area contributed by atoms with E-state index in [0.717, 1.165) is 23.5 Å². The summed E-state index contributed by atoms with van der Waals surface area (Å²) in [6, 6.07) is 0. The maximum atomic E-state index is 11.4. The Morgan fingerprint density at radius 2 is 2.09 bits per heavy atom. The van der Waals surface area contributed by atoms with Crippen LogP contribution in [0.15, 0.2) is 4.99 Å². The minimum Gasteiger partial charge on any atom is -0.469 e. The van der Waals surface area contributed by atoms with Gasteiger partial charge in [0.05, 0.1) is 25.3 Å². The number of carbonyl (C=O) groups is 1. The monoisotopic (exact) mass is 309 g/mol. The molecular formula is C15H27N5O2. The van der Waals surface area contributed by atoms with Gasteiger partial charge in [0.25, 0.3) is 0 Å². The van der Waals surface area contributed by atoms with Crippen LogP contribution in [0.2, 0.25) is 0 Å². The highest BCUT2D eigenvalue weighted by Gasteiger charge is 2.14. The van der Waals surface area contributed by atoms with Gasteiger partial charge in [0.2, 0.25) is 0 Å². The van der Waals surface area contributed by atoms with Crippen molar-refractivity contribution in [2.24, 2.45) is 18.0 Å². The fraction of sp³-hybridized carbons (Fsp3) is 0.667. The van der Waals surface area contributed by atoms with E-state index in [0.29, 0.717) is 19.0 Å². The number of aryl methyl sites for hydroxylation is 2. The van der Waals surface area contributed by atoms with Crippen LogP contribution in [0.4, 0.5) is 0 Å². The number of nitrogens with one attached hydrogen (secondary N) is 2. The Morgan fingerprint density at radius 1 is 1.41 bits per heavy atom. The molecule has 0 aliphatic carbocycles. The Morgan fingerprint density at radius 3 is 2.59 bits per heavy atom. The summed E-state index contributed by atoms with van der Waals surface area (Å²) < 4.78 is 6.58. The molecule has 0 aliphatic rings. The number of rotatable bonds is 6. The summed E-state index contributed by atoms with van der Waals surface area (Å²) in [4.78, 5) is 16.0. The molecule has 1 rings (SSSR count). The number of guanidine groups is 1. The summed E-state index contributed by atoms with van der Waals surface area (Å²) in [5.74, 6) is 0.221. The predicted octanol–water partition coefficient (Wildman–Crippen LogP) is 0.901. The number of ether oxygens (including phenoxy) is 1. The second kappa shape index (κ2) is 8.41. The predicted molar refractivity (Wildman–Crippen MR) is 86.7 cm³/mol. The van der Waals surface area contributed by atoms with E-state index in [1.54, 1.807) is 0 Å². The number of carbonyl (C=O) groups excluding carboxylic acids is 1. The zero-order chi connectivity index (χ0) is 16.7. The number of hydrogen-bond donors (Lipinski definition) is 2. The number of esters is 1. The smallest absolute Gasteiger partial charge is 0.310 e. The molecule has 1 atom stereocenters. The van der Waals surface area contributed by atoms with Crippen LogP contribution in [-0.4, -0.2) is 41.9 Å². The van der Waals surface area contributed by atoms with Gasteiger partial charge in [0.15, 0.2) is 5.96 Å². The summed E-state index contributed by atoms with van der Waals surface area (Å²) >= 11 is 0. The average Bonchev–Trinajstić information content (AvgIpc) is 2.74. The number of hydrogen-bond acceptors (Lipinski definition) is 4. The highest BCUT2D eigenvalue weighted by Crippen LogP contribution is 2.12. The van der Waals surface area contributed by atoms with Gasteiger partial charge in [0, 0.05) is 31.4 Å². The fourth-order valence-electron chi connectivity index (χ4n) is 2.08. The lowest BCUT2D eigenvalue weighted by atomic mass is 10.2. The van der Waals surface area contributed by atoms with Gasteiger partial charge in [-0.05, 0) is 20.8 Å². The van der Waals surface area contributed by atoms with Gasteiger partial charge in [-0.25, -0.2) is 4.99 Å². The molecule has 1 aromatic rings. The van der Waals surface area contributed by atoms with Crippen molar-refractivity contribution in [1.29, 1.82) is 0 Å². The first-order chi connectivity index (χ1) is 10.4. The molecule has 0 amide bonds. The highest BCUT2D eigenvalue weighted by atomic mass is 16.5. The lowest BCUT2D eigenvalue weighted by Gasteiger charge is -2.14. The number of methoxy groups -OCH3 is 1. The maximum Gasteiger partial charge on any atom is 0.310 e. The van der Waals surface area contributed by atoms with E-state index in [1.165, 1.54) is 7.11 Å². The molecule has 1 aromatic heterocycles. The van der Waals surface area contributed by atoms with E-state index in [1.807, 2.05) is 39.4 Å². The van der Waals surface area contributed by atoms with Gasteiger partial charge < -0.3 is 15.4 Å². The number of aliphatic imine (C=N–C) groups is 1. The molecule has 0 aliphatic heterocycles. The molecule has 0 aromatic carbocycles. The van der Waals surface area contributed by atoms with E-state index in [-0.39, 0.29) is 11.9 Å². The highest BCUT2D eigenvalue weighted by molar-refractivity contribution is 5.80. The van der Waals surface area contributed by atoms with E-state index in [2.05, 4.69) is 20.7 Å². The standard InChI is InChI=1S/C15H27N5O2/c1-7-16-15(17-8-10(2)14(21)22-6)18-9-13-11(3)19-20(5)12(13)4/h10H,7-9H2,1-6H3,(H2,16,17,18). The summed E-state index contributed by atoms with van der Waals surface area (Å²) in [6.07, 6.45) is 0.